The first-order valence-corrected chi connectivity index (χ1v) is 12.7. The highest BCUT2D eigenvalue weighted by Crippen LogP contribution is 2.60. The lowest BCUT2D eigenvalue weighted by atomic mass is 9.71. The van der Waals surface area contributed by atoms with Crippen LogP contribution in [0.3, 0.4) is 0 Å². The van der Waals surface area contributed by atoms with Crippen LogP contribution in [0.4, 0.5) is 5.69 Å². The average Bonchev–Trinajstić information content (AvgIpc) is 3.28. The van der Waals surface area contributed by atoms with E-state index < -0.39 is 41.3 Å². The van der Waals surface area contributed by atoms with E-state index in [2.05, 4.69) is 0 Å². The zero-order valence-electron chi connectivity index (χ0n) is 22.5. The number of carbonyl (C=O) groups is 3. The molecule has 204 valence electrons. The lowest BCUT2D eigenvalue weighted by molar-refractivity contribution is -0.161. The second-order valence-corrected chi connectivity index (χ2v) is 9.57. The topological polar surface area (TPSA) is 130 Å². The van der Waals surface area contributed by atoms with Crippen LogP contribution in [0.5, 0.6) is 0 Å². The first-order chi connectivity index (χ1) is 19.9. The number of hydrogen-bond donors (Lipinski definition) is 0. The van der Waals surface area contributed by atoms with E-state index in [1.54, 1.807) is 78.9 Å². The Balaban J connectivity index is 2.05. The van der Waals surface area contributed by atoms with Crippen molar-refractivity contribution < 1.29 is 28.6 Å². The Bertz CT molecular complexity index is 1630. The van der Waals surface area contributed by atoms with Gasteiger partial charge in [-0.25, -0.2) is 14.4 Å². The number of para-hydroxylation sites is 1. The van der Waals surface area contributed by atoms with Gasteiger partial charge >= 0.3 is 17.9 Å². The number of fused-ring (bicyclic) bond motifs is 5. The molecular weight excluding hydrogens is 522 g/mol. The Morgan fingerprint density at radius 2 is 1.24 bits per heavy atom. The van der Waals surface area contributed by atoms with Gasteiger partial charge in [-0.15, -0.1) is 0 Å². The van der Waals surface area contributed by atoms with Crippen LogP contribution in [0.1, 0.15) is 34.1 Å². The molecule has 0 unspecified atom stereocenters. The van der Waals surface area contributed by atoms with Crippen molar-refractivity contribution in [2.75, 3.05) is 26.2 Å². The Labute approximate surface area is 236 Å². The number of esters is 3. The van der Waals surface area contributed by atoms with Crippen molar-refractivity contribution in [2.45, 2.75) is 23.4 Å². The van der Waals surface area contributed by atoms with Crippen molar-refractivity contribution in [3.8, 4) is 12.1 Å². The Kier molecular flexibility index (Phi) is 7.04. The molecule has 0 spiro atoms. The molecule has 0 bridgehead atoms. The van der Waals surface area contributed by atoms with Crippen LogP contribution in [-0.2, 0) is 28.6 Å². The minimum Gasteiger partial charge on any atom is -0.467 e. The number of allylic oxidation sites excluding steroid dienone is 1. The number of nitrogens with zero attached hydrogens (tertiary/aromatic N) is 3. The molecule has 3 aromatic rings. The lowest BCUT2D eigenvalue weighted by Gasteiger charge is -2.40. The maximum atomic E-state index is 14.2. The molecule has 9 heteroatoms. The van der Waals surface area contributed by atoms with Gasteiger partial charge in [0.05, 0.1) is 21.3 Å². The predicted octanol–water partition coefficient (Wildman–Crippen LogP) is 3.86. The van der Waals surface area contributed by atoms with Gasteiger partial charge in [0.1, 0.15) is 23.8 Å². The summed E-state index contributed by atoms with van der Waals surface area (Å²) in [5.74, 6) is -4.52. The summed E-state index contributed by atoms with van der Waals surface area (Å²) in [4.78, 5) is 43.6. The zero-order valence-corrected chi connectivity index (χ0v) is 22.5. The van der Waals surface area contributed by atoms with E-state index in [-0.39, 0.29) is 5.57 Å². The Morgan fingerprint density at radius 3 is 1.78 bits per heavy atom. The first kappa shape index (κ1) is 27.2. The van der Waals surface area contributed by atoms with Gasteiger partial charge in [-0.2, -0.15) is 10.5 Å². The van der Waals surface area contributed by atoms with Gasteiger partial charge in [0.25, 0.3) is 0 Å². The maximum Gasteiger partial charge on any atom is 0.344 e. The summed E-state index contributed by atoms with van der Waals surface area (Å²) in [5.41, 5.74) is 0.404. The number of anilines is 1. The van der Waals surface area contributed by atoms with E-state index in [4.69, 9.17) is 14.2 Å². The second-order valence-electron chi connectivity index (χ2n) is 9.57. The number of benzene rings is 3. The third kappa shape index (κ3) is 3.78. The van der Waals surface area contributed by atoms with E-state index in [1.165, 1.54) is 26.2 Å². The molecular formula is C32H25N3O6. The second kappa shape index (κ2) is 10.6. The van der Waals surface area contributed by atoms with Crippen LogP contribution in [0.2, 0.25) is 0 Å². The standard InChI is InChI=1S/C32H25N3O6/c1-39-29(36)28-26-22-14-8-7-13-21(22)25(19(17-33)18-34)23-15-9-10-16-24(23)27(26)32(30(37)40-2,31(38)41-3)35(28)20-11-5-4-6-12-20/h4-16,26-28H,1-3H3/t26-,27+,28-/m0/s1. The number of ether oxygens (including phenoxy) is 3. The van der Waals surface area contributed by atoms with Crippen LogP contribution in [0, 0.1) is 22.7 Å². The predicted molar refractivity (Wildman–Crippen MR) is 147 cm³/mol. The van der Waals surface area contributed by atoms with Crippen molar-refractivity contribution in [1.82, 2.24) is 0 Å². The summed E-state index contributed by atoms with van der Waals surface area (Å²) in [7, 11) is 3.58. The molecule has 1 saturated heterocycles. The molecule has 0 radical (unpaired) electrons. The fourth-order valence-electron chi connectivity index (χ4n) is 6.47. The van der Waals surface area contributed by atoms with E-state index in [1.807, 2.05) is 12.1 Å². The van der Waals surface area contributed by atoms with Crippen LogP contribution >= 0.6 is 0 Å². The Hall–Kier alpha value is -5.41. The van der Waals surface area contributed by atoms with Gasteiger partial charge in [0.2, 0.25) is 5.54 Å². The summed E-state index contributed by atoms with van der Waals surface area (Å²) < 4.78 is 16.0. The molecule has 5 rings (SSSR count). The molecule has 1 aliphatic heterocycles. The van der Waals surface area contributed by atoms with E-state index >= 15 is 0 Å². The average molecular weight is 548 g/mol. The molecule has 1 fully saturated rings. The van der Waals surface area contributed by atoms with E-state index in [0.29, 0.717) is 33.5 Å². The summed E-state index contributed by atoms with van der Waals surface area (Å²) in [6.45, 7) is 0. The van der Waals surface area contributed by atoms with Gasteiger partial charge < -0.3 is 19.1 Å². The molecule has 3 atom stereocenters. The largest absolute Gasteiger partial charge is 0.467 e. The maximum absolute atomic E-state index is 14.2. The molecule has 1 aliphatic carbocycles. The molecule has 41 heavy (non-hydrogen) atoms. The number of methoxy groups -OCH3 is 3. The zero-order chi connectivity index (χ0) is 29.3. The minimum atomic E-state index is -2.20. The number of nitriles is 2. The number of hydrogen-bond acceptors (Lipinski definition) is 9. The molecule has 0 aromatic heterocycles. The Morgan fingerprint density at radius 1 is 0.732 bits per heavy atom. The van der Waals surface area contributed by atoms with Gasteiger partial charge in [-0.1, -0.05) is 66.7 Å². The van der Waals surface area contributed by atoms with Crippen molar-refractivity contribution in [3.05, 3.63) is 107 Å². The van der Waals surface area contributed by atoms with Crippen molar-refractivity contribution >= 4 is 29.2 Å². The summed E-state index contributed by atoms with van der Waals surface area (Å²) in [5, 5.41) is 20.0. The van der Waals surface area contributed by atoms with Crippen molar-refractivity contribution in [3.63, 3.8) is 0 Å². The SMILES string of the molecule is COC(=O)[C@@H]1[C@H]2c3ccccc3C(=C(C#N)C#N)c3ccccc3[C@H]2C(C(=O)OC)(C(=O)OC)N1c1ccccc1. The summed E-state index contributed by atoms with van der Waals surface area (Å²) in [6, 6.07) is 25.4. The quantitative estimate of drug-likeness (QED) is 0.207. The number of carbonyl (C=O) groups excluding carboxylic acids is 3. The minimum absolute atomic E-state index is 0.152. The number of rotatable bonds is 4. The van der Waals surface area contributed by atoms with Gasteiger partial charge in [0.15, 0.2) is 0 Å². The van der Waals surface area contributed by atoms with Crippen LogP contribution < -0.4 is 4.90 Å². The van der Waals surface area contributed by atoms with Crippen LogP contribution in [0.15, 0.2) is 84.4 Å². The smallest absolute Gasteiger partial charge is 0.344 e. The highest BCUT2D eigenvalue weighted by molar-refractivity contribution is 6.13. The van der Waals surface area contributed by atoms with Crippen LogP contribution in [0.25, 0.3) is 5.57 Å². The molecule has 0 amide bonds. The molecule has 2 aliphatic rings. The van der Waals surface area contributed by atoms with Gasteiger partial charge in [-0.3, -0.25) is 0 Å². The highest BCUT2D eigenvalue weighted by atomic mass is 16.6. The van der Waals surface area contributed by atoms with Gasteiger partial charge in [0, 0.05) is 23.1 Å². The van der Waals surface area contributed by atoms with Crippen molar-refractivity contribution in [1.29, 1.82) is 10.5 Å². The lowest BCUT2D eigenvalue weighted by Crippen LogP contribution is -2.63. The third-order valence-corrected chi connectivity index (χ3v) is 7.91. The van der Waals surface area contributed by atoms with Crippen molar-refractivity contribution in [2.24, 2.45) is 0 Å². The molecule has 1 heterocycles. The molecule has 3 aromatic carbocycles. The summed E-state index contributed by atoms with van der Waals surface area (Å²) in [6.07, 6.45) is 0. The fourth-order valence-corrected chi connectivity index (χ4v) is 6.47. The third-order valence-electron chi connectivity index (χ3n) is 7.91. The van der Waals surface area contributed by atoms with Crippen LogP contribution in [-0.4, -0.2) is 50.8 Å². The van der Waals surface area contributed by atoms with Gasteiger partial charge in [-0.05, 0) is 34.4 Å². The normalized spacial score (nSPS) is 19.7. The first-order valence-electron chi connectivity index (χ1n) is 12.7. The van der Waals surface area contributed by atoms with E-state index in [9.17, 15) is 24.9 Å². The summed E-state index contributed by atoms with van der Waals surface area (Å²) >= 11 is 0. The monoisotopic (exact) mass is 547 g/mol. The molecule has 9 nitrogen and oxygen atoms in total. The molecule has 0 saturated carbocycles. The fraction of sp³-hybridized carbons (Fsp3) is 0.219. The van der Waals surface area contributed by atoms with E-state index in [0.717, 1.165) is 0 Å². The molecule has 0 N–H and O–H groups in total. The highest BCUT2D eigenvalue weighted by Gasteiger charge is 2.72.